The Morgan fingerprint density at radius 2 is 1.93 bits per heavy atom. The van der Waals surface area contributed by atoms with Crippen molar-refractivity contribution in [2.75, 3.05) is 17.7 Å². The molecule has 3 N–H and O–H groups in total. The van der Waals surface area contributed by atoms with Crippen LogP contribution in [0.3, 0.4) is 0 Å². The molecule has 8 heteroatoms. The predicted octanol–water partition coefficient (Wildman–Crippen LogP) is 3.76. The molecule has 3 amide bonds. The third kappa shape index (κ3) is 4.95. The van der Waals surface area contributed by atoms with E-state index in [0.717, 1.165) is 31.2 Å². The maximum absolute atomic E-state index is 12.9. The van der Waals surface area contributed by atoms with Gasteiger partial charge in [-0.3, -0.25) is 14.9 Å². The molecular weight excluding hydrogens is 376 g/mol. The highest BCUT2D eigenvalue weighted by Crippen LogP contribution is 2.31. The summed E-state index contributed by atoms with van der Waals surface area (Å²) < 4.78 is 0. The number of aryl methyl sites for hydroxylation is 1. The predicted molar refractivity (Wildman–Crippen MR) is 110 cm³/mol. The molecule has 1 aliphatic rings. The molecule has 1 fully saturated rings. The minimum Gasteiger partial charge on any atom is -0.359 e. The number of rotatable bonds is 6. The van der Waals surface area contributed by atoms with Crippen LogP contribution in [0.25, 0.3) is 0 Å². The van der Waals surface area contributed by atoms with E-state index in [1.165, 1.54) is 11.3 Å². The molecule has 1 heterocycles. The first-order valence-corrected chi connectivity index (χ1v) is 10.2. The van der Waals surface area contributed by atoms with Gasteiger partial charge in [0.15, 0.2) is 10.9 Å². The first-order chi connectivity index (χ1) is 13.5. The number of ketones is 1. The van der Waals surface area contributed by atoms with Gasteiger partial charge >= 0.3 is 6.03 Å². The SMILES string of the molecule is CNC(=O)Cc1csc(NC(=O)Nc2ccc(C)cc2C(=O)C2CCCC2)n1. The van der Waals surface area contributed by atoms with Crippen LogP contribution in [0.15, 0.2) is 23.6 Å². The second-order valence-corrected chi connectivity index (χ2v) is 7.83. The highest BCUT2D eigenvalue weighted by Gasteiger charge is 2.26. The number of benzene rings is 1. The number of nitrogens with one attached hydrogen (secondary N) is 3. The average molecular weight is 401 g/mol. The zero-order valence-electron chi connectivity index (χ0n) is 16.0. The molecular formula is C20H24N4O3S. The van der Waals surface area contributed by atoms with Crippen LogP contribution < -0.4 is 16.0 Å². The van der Waals surface area contributed by atoms with Crippen molar-refractivity contribution < 1.29 is 14.4 Å². The summed E-state index contributed by atoms with van der Waals surface area (Å²) in [5.74, 6) is -0.00807. The maximum Gasteiger partial charge on any atom is 0.325 e. The number of aromatic nitrogens is 1. The normalized spacial score (nSPS) is 13.9. The smallest absolute Gasteiger partial charge is 0.325 e. The van der Waals surface area contributed by atoms with Gasteiger partial charge in [0.05, 0.1) is 17.8 Å². The molecule has 3 rings (SSSR count). The van der Waals surface area contributed by atoms with E-state index in [2.05, 4.69) is 20.9 Å². The molecule has 1 aliphatic carbocycles. The van der Waals surface area contributed by atoms with Gasteiger partial charge in [-0.05, 0) is 31.9 Å². The van der Waals surface area contributed by atoms with Gasteiger partial charge < -0.3 is 10.6 Å². The summed E-state index contributed by atoms with van der Waals surface area (Å²) in [4.78, 5) is 40.9. The molecule has 148 valence electrons. The summed E-state index contributed by atoms with van der Waals surface area (Å²) in [6.45, 7) is 1.93. The van der Waals surface area contributed by atoms with Crippen molar-refractivity contribution in [1.82, 2.24) is 10.3 Å². The van der Waals surface area contributed by atoms with Crippen LogP contribution in [-0.2, 0) is 11.2 Å². The number of Topliss-reactive ketones (excluding diaryl/α,β-unsaturated/α-hetero) is 1. The summed E-state index contributed by atoms with van der Waals surface area (Å²) in [5, 5.41) is 10.1. The third-order valence-electron chi connectivity index (χ3n) is 4.81. The monoisotopic (exact) mass is 400 g/mol. The molecule has 0 atom stereocenters. The summed E-state index contributed by atoms with van der Waals surface area (Å²) in [5.41, 5.74) is 2.63. The topological polar surface area (TPSA) is 100 Å². The summed E-state index contributed by atoms with van der Waals surface area (Å²) in [6, 6.07) is 4.99. The van der Waals surface area contributed by atoms with Crippen molar-refractivity contribution in [3.8, 4) is 0 Å². The molecule has 7 nitrogen and oxygen atoms in total. The fourth-order valence-corrected chi connectivity index (χ4v) is 4.03. The van der Waals surface area contributed by atoms with Crippen LogP contribution in [-0.4, -0.2) is 29.8 Å². The van der Waals surface area contributed by atoms with Gasteiger partial charge in [0.25, 0.3) is 0 Å². The lowest BCUT2D eigenvalue weighted by Gasteiger charge is -2.14. The Balaban J connectivity index is 1.68. The van der Waals surface area contributed by atoms with Gasteiger partial charge in [-0.2, -0.15) is 0 Å². The molecule has 0 bridgehead atoms. The first-order valence-electron chi connectivity index (χ1n) is 9.34. The van der Waals surface area contributed by atoms with Gasteiger partial charge in [0, 0.05) is 23.9 Å². The highest BCUT2D eigenvalue weighted by atomic mass is 32.1. The van der Waals surface area contributed by atoms with Gasteiger partial charge in [0.2, 0.25) is 5.91 Å². The third-order valence-corrected chi connectivity index (χ3v) is 5.61. The number of amides is 3. The van der Waals surface area contributed by atoms with Crippen molar-refractivity contribution in [2.45, 2.75) is 39.0 Å². The number of likely N-dealkylation sites (N-methyl/N-ethyl adjacent to an activating group) is 1. The number of urea groups is 1. The van der Waals surface area contributed by atoms with Crippen LogP contribution in [0.1, 0.15) is 47.3 Å². The number of thiazole rings is 1. The Hall–Kier alpha value is -2.74. The summed E-state index contributed by atoms with van der Waals surface area (Å²) in [6.07, 6.45) is 4.13. The van der Waals surface area contributed by atoms with Crippen LogP contribution in [0, 0.1) is 12.8 Å². The fourth-order valence-electron chi connectivity index (χ4n) is 3.33. The van der Waals surface area contributed by atoms with Gasteiger partial charge in [-0.25, -0.2) is 9.78 Å². The van der Waals surface area contributed by atoms with Gasteiger partial charge in [-0.1, -0.05) is 24.5 Å². The van der Waals surface area contributed by atoms with E-state index < -0.39 is 6.03 Å². The number of nitrogens with zero attached hydrogens (tertiary/aromatic N) is 1. The first kappa shape index (κ1) is 20.0. The quantitative estimate of drug-likeness (QED) is 0.643. The molecule has 1 aromatic carbocycles. The fraction of sp³-hybridized carbons (Fsp3) is 0.400. The zero-order valence-corrected chi connectivity index (χ0v) is 16.8. The van der Waals surface area contributed by atoms with Crippen LogP contribution in [0.5, 0.6) is 0 Å². The molecule has 0 saturated heterocycles. The van der Waals surface area contributed by atoms with E-state index >= 15 is 0 Å². The number of carbonyl (C=O) groups excluding carboxylic acids is 3. The average Bonchev–Trinajstić information content (AvgIpc) is 3.34. The van der Waals surface area contributed by atoms with Crippen LogP contribution in [0.4, 0.5) is 15.6 Å². The van der Waals surface area contributed by atoms with Crippen LogP contribution in [0.2, 0.25) is 0 Å². The molecule has 0 radical (unpaired) electrons. The summed E-state index contributed by atoms with van der Waals surface area (Å²) in [7, 11) is 1.56. The molecule has 0 spiro atoms. The minimum absolute atomic E-state index is 0.0386. The van der Waals surface area contributed by atoms with Crippen LogP contribution >= 0.6 is 11.3 Å². The standard InChI is InChI=1S/C20H24N4O3S/c1-12-7-8-16(15(9-12)18(26)13-5-3-4-6-13)23-19(27)24-20-22-14(11-28-20)10-17(25)21-2/h7-9,11,13H,3-6,10H2,1-2H3,(H,21,25)(H2,22,23,24,27). The molecule has 0 aliphatic heterocycles. The Morgan fingerprint density at radius 3 is 2.64 bits per heavy atom. The molecule has 28 heavy (non-hydrogen) atoms. The second-order valence-electron chi connectivity index (χ2n) is 6.97. The zero-order chi connectivity index (χ0) is 20.1. The number of carbonyl (C=O) groups is 3. The van der Waals surface area contributed by atoms with Crippen molar-refractivity contribution in [3.63, 3.8) is 0 Å². The molecule has 0 unspecified atom stereocenters. The van der Waals surface area contributed by atoms with E-state index in [4.69, 9.17) is 0 Å². The van der Waals surface area contributed by atoms with Crippen molar-refractivity contribution >= 4 is 39.9 Å². The van der Waals surface area contributed by atoms with Gasteiger partial charge in [-0.15, -0.1) is 11.3 Å². The summed E-state index contributed by atoms with van der Waals surface area (Å²) >= 11 is 1.24. The lowest BCUT2D eigenvalue weighted by atomic mass is 9.94. The molecule has 2 aromatic rings. The van der Waals surface area contributed by atoms with E-state index in [9.17, 15) is 14.4 Å². The van der Waals surface area contributed by atoms with Crippen molar-refractivity contribution in [1.29, 1.82) is 0 Å². The lowest BCUT2D eigenvalue weighted by molar-refractivity contribution is -0.120. The van der Waals surface area contributed by atoms with Gasteiger partial charge in [0.1, 0.15) is 0 Å². The van der Waals surface area contributed by atoms with Crippen molar-refractivity contribution in [2.24, 2.45) is 5.92 Å². The Bertz CT molecular complexity index is 887. The second kappa shape index (κ2) is 8.97. The Kier molecular flexibility index (Phi) is 6.41. The lowest BCUT2D eigenvalue weighted by Crippen LogP contribution is -2.22. The highest BCUT2D eigenvalue weighted by molar-refractivity contribution is 7.14. The minimum atomic E-state index is -0.467. The number of hydrogen-bond donors (Lipinski definition) is 3. The maximum atomic E-state index is 12.9. The van der Waals surface area contributed by atoms with E-state index in [1.807, 2.05) is 19.1 Å². The van der Waals surface area contributed by atoms with E-state index in [0.29, 0.717) is 22.1 Å². The number of hydrogen-bond acceptors (Lipinski definition) is 5. The van der Waals surface area contributed by atoms with Crippen molar-refractivity contribution in [3.05, 3.63) is 40.4 Å². The van der Waals surface area contributed by atoms with E-state index in [-0.39, 0.29) is 24.0 Å². The van der Waals surface area contributed by atoms with E-state index in [1.54, 1.807) is 18.5 Å². The number of anilines is 2. The largest absolute Gasteiger partial charge is 0.359 e. The molecule has 1 saturated carbocycles. The Labute approximate surface area is 167 Å². The Morgan fingerprint density at radius 1 is 1.18 bits per heavy atom. The molecule has 1 aromatic heterocycles.